The van der Waals surface area contributed by atoms with Gasteiger partial charge in [-0.25, -0.2) is 4.79 Å². The zero-order valence-corrected chi connectivity index (χ0v) is 9.49. The van der Waals surface area contributed by atoms with E-state index in [9.17, 15) is 9.90 Å². The minimum Gasteiger partial charge on any atom is -0.507 e. The van der Waals surface area contributed by atoms with E-state index in [1.54, 1.807) is 18.2 Å². The van der Waals surface area contributed by atoms with Crippen LogP contribution in [-0.4, -0.2) is 33.5 Å². The molecule has 1 heterocycles. The molecule has 0 radical (unpaired) electrons. The molecule has 0 aliphatic carbocycles. The largest absolute Gasteiger partial charge is 0.507 e. The van der Waals surface area contributed by atoms with Crippen molar-refractivity contribution in [2.45, 2.75) is 0 Å². The fourth-order valence-corrected chi connectivity index (χ4v) is 1.51. The molecule has 0 atom stereocenters. The number of nitrogens with zero attached hydrogens (tertiary/aromatic N) is 2. The van der Waals surface area contributed by atoms with E-state index < -0.39 is 5.97 Å². The van der Waals surface area contributed by atoms with E-state index in [0.717, 1.165) is 0 Å². The van der Waals surface area contributed by atoms with Crippen molar-refractivity contribution in [2.24, 2.45) is 0 Å². The van der Waals surface area contributed by atoms with Gasteiger partial charge in [0.15, 0.2) is 0 Å². The molecule has 0 fully saturated rings. The summed E-state index contributed by atoms with van der Waals surface area (Å²) in [7, 11) is 1.32. The lowest BCUT2D eigenvalue weighted by molar-refractivity contribution is 0.0692. The second-order valence-corrected chi connectivity index (χ2v) is 3.47. The standard InChI is InChI=1S/C12H10N2O4/c1-18-11-8(12(16)17)6-9(13-14-11)7-4-2-3-5-10(7)15/h2-6,15H,1H3,(H,16,17). The van der Waals surface area contributed by atoms with Gasteiger partial charge in [0.05, 0.1) is 12.8 Å². The Morgan fingerprint density at radius 1 is 1.28 bits per heavy atom. The number of hydrogen-bond donors (Lipinski definition) is 2. The summed E-state index contributed by atoms with van der Waals surface area (Å²) in [6.07, 6.45) is 0. The van der Waals surface area contributed by atoms with Crippen molar-refractivity contribution in [2.75, 3.05) is 7.11 Å². The van der Waals surface area contributed by atoms with Gasteiger partial charge >= 0.3 is 5.97 Å². The summed E-state index contributed by atoms with van der Waals surface area (Å²) in [5, 5.41) is 26.2. The average Bonchev–Trinajstić information content (AvgIpc) is 2.38. The molecule has 0 aliphatic heterocycles. The summed E-state index contributed by atoms with van der Waals surface area (Å²) in [6, 6.07) is 7.79. The van der Waals surface area contributed by atoms with Crippen molar-refractivity contribution in [1.29, 1.82) is 0 Å². The molecular formula is C12H10N2O4. The number of para-hydroxylation sites is 1. The first-order valence-corrected chi connectivity index (χ1v) is 5.07. The van der Waals surface area contributed by atoms with E-state index >= 15 is 0 Å². The summed E-state index contributed by atoms with van der Waals surface area (Å²) in [5.74, 6) is -1.23. The molecule has 0 amide bonds. The van der Waals surface area contributed by atoms with Crippen molar-refractivity contribution >= 4 is 5.97 Å². The Morgan fingerprint density at radius 2 is 2.00 bits per heavy atom. The first-order valence-electron chi connectivity index (χ1n) is 5.07. The summed E-state index contributed by atoms with van der Waals surface area (Å²) in [4.78, 5) is 11.0. The molecule has 0 saturated carbocycles. The predicted octanol–water partition coefficient (Wildman–Crippen LogP) is 1.56. The zero-order chi connectivity index (χ0) is 13.1. The molecule has 0 saturated heterocycles. The SMILES string of the molecule is COc1nnc(-c2ccccc2O)cc1C(=O)O. The van der Waals surface area contributed by atoms with Gasteiger partial charge in [-0.2, -0.15) is 0 Å². The Kier molecular flexibility index (Phi) is 3.09. The molecule has 1 aromatic carbocycles. The topological polar surface area (TPSA) is 92.5 Å². The van der Waals surface area contributed by atoms with E-state index in [2.05, 4.69) is 10.2 Å². The summed E-state index contributed by atoms with van der Waals surface area (Å²) < 4.78 is 4.81. The van der Waals surface area contributed by atoms with Crippen molar-refractivity contribution in [3.63, 3.8) is 0 Å². The van der Waals surface area contributed by atoms with Gasteiger partial charge in [0.2, 0.25) is 5.88 Å². The van der Waals surface area contributed by atoms with Crippen molar-refractivity contribution < 1.29 is 19.7 Å². The molecule has 6 nitrogen and oxygen atoms in total. The molecule has 2 N–H and O–H groups in total. The fourth-order valence-electron chi connectivity index (χ4n) is 1.51. The number of carboxylic acid groups (broad SMARTS) is 1. The molecule has 0 bridgehead atoms. The van der Waals surface area contributed by atoms with Gasteiger partial charge in [-0.15, -0.1) is 10.2 Å². The summed E-state index contributed by atoms with van der Waals surface area (Å²) >= 11 is 0. The lowest BCUT2D eigenvalue weighted by Crippen LogP contribution is -2.04. The smallest absolute Gasteiger partial charge is 0.341 e. The number of phenolic OH excluding ortho intramolecular Hbond substituents is 1. The average molecular weight is 246 g/mol. The quantitative estimate of drug-likeness (QED) is 0.853. The highest BCUT2D eigenvalue weighted by Gasteiger charge is 2.16. The van der Waals surface area contributed by atoms with Crippen LogP contribution in [0.25, 0.3) is 11.3 Å². The number of phenols is 1. The Morgan fingerprint density at radius 3 is 2.61 bits per heavy atom. The van der Waals surface area contributed by atoms with Crippen molar-refractivity contribution in [1.82, 2.24) is 10.2 Å². The van der Waals surface area contributed by atoms with Crippen molar-refractivity contribution in [3.8, 4) is 22.9 Å². The third kappa shape index (κ3) is 2.08. The van der Waals surface area contributed by atoms with Crippen LogP contribution in [0.5, 0.6) is 11.6 Å². The maximum atomic E-state index is 11.0. The number of rotatable bonds is 3. The number of hydrogen-bond acceptors (Lipinski definition) is 5. The Hall–Kier alpha value is -2.63. The summed E-state index contributed by atoms with van der Waals surface area (Å²) in [5.41, 5.74) is 0.576. The van der Waals surface area contributed by atoms with Gasteiger partial charge in [-0.3, -0.25) is 0 Å². The van der Waals surface area contributed by atoms with Crippen LogP contribution in [0, 0.1) is 0 Å². The van der Waals surface area contributed by atoms with Crippen LogP contribution in [0.4, 0.5) is 0 Å². The molecular weight excluding hydrogens is 236 g/mol. The highest BCUT2D eigenvalue weighted by atomic mass is 16.5. The van der Waals surface area contributed by atoms with Gasteiger partial charge in [0.1, 0.15) is 11.3 Å². The molecule has 0 aliphatic rings. The van der Waals surface area contributed by atoms with Crippen LogP contribution in [0.1, 0.15) is 10.4 Å². The molecule has 0 spiro atoms. The summed E-state index contributed by atoms with van der Waals surface area (Å²) in [6.45, 7) is 0. The van der Waals surface area contributed by atoms with E-state index in [-0.39, 0.29) is 22.9 Å². The van der Waals surface area contributed by atoms with E-state index in [0.29, 0.717) is 5.56 Å². The number of benzene rings is 1. The van der Waals surface area contributed by atoms with Crippen LogP contribution in [0.2, 0.25) is 0 Å². The number of carbonyl (C=O) groups is 1. The van der Waals surface area contributed by atoms with E-state index in [4.69, 9.17) is 9.84 Å². The lowest BCUT2D eigenvalue weighted by Gasteiger charge is -2.06. The number of aromatic nitrogens is 2. The molecule has 6 heteroatoms. The molecule has 92 valence electrons. The third-order valence-corrected chi connectivity index (χ3v) is 2.36. The molecule has 1 aromatic heterocycles. The van der Waals surface area contributed by atoms with Crippen LogP contribution in [0.3, 0.4) is 0 Å². The number of methoxy groups -OCH3 is 1. The second kappa shape index (κ2) is 4.70. The Bertz CT molecular complexity index is 598. The normalized spacial score (nSPS) is 10.1. The van der Waals surface area contributed by atoms with Crippen LogP contribution < -0.4 is 4.74 Å². The molecule has 2 aromatic rings. The number of carboxylic acids is 1. The molecule has 18 heavy (non-hydrogen) atoms. The maximum absolute atomic E-state index is 11.0. The number of ether oxygens (including phenoxy) is 1. The predicted molar refractivity (Wildman–Crippen MR) is 62.6 cm³/mol. The van der Waals surface area contributed by atoms with Crippen LogP contribution in [-0.2, 0) is 0 Å². The second-order valence-electron chi connectivity index (χ2n) is 3.47. The van der Waals surface area contributed by atoms with E-state index in [1.807, 2.05) is 0 Å². The minimum absolute atomic E-state index is 0.00769. The maximum Gasteiger partial charge on any atom is 0.341 e. The Labute approximate surface area is 102 Å². The molecule has 0 unspecified atom stereocenters. The van der Waals surface area contributed by atoms with Crippen LogP contribution in [0.15, 0.2) is 30.3 Å². The van der Waals surface area contributed by atoms with E-state index in [1.165, 1.54) is 19.2 Å². The minimum atomic E-state index is -1.17. The van der Waals surface area contributed by atoms with Crippen LogP contribution >= 0.6 is 0 Å². The van der Waals surface area contributed by atoms with Gasteiger partial charge in [-0.05, 0) is 18.2 Å². The number of aromatic carboxylic acids is 1. The van der Waals surface area contributed by atoms with Gasteiger partial charge in [0, 0.05) is 5.56 Å². The van der Waals surface area contributed by atoms with Crippen molar-refractivity contribution in [3.05, 3.63) is 35.9 Å². The highest BCUT2D eigenvalue weighted by Crippen LogP contribution is 2.28. The zero-order valence-electron chi connectivity index (χ0n) is 9.49. The Balaban J connectivity index is 2.57. The molecule has 2 rings (SSSR count). The highest BCUT2D eigenvalue weighted by molar-refractivity contribution is 5.91. The fraction of sp³-hybridized carbons (Fsp3) is 0.0833. The first-order chi connectivity index (χ1) is 8.63. The number of aromatic hydroxyl groups is 1. The monoisotopic (exact) mass is 246 g/mol. The first kappa shape index (κ1) is 11.8. The third-order valence-electron chi connectivity index (χ3n) is 2.36. The lowest BCUT2D eigenvalue weighted by atomic mass is 10.1. The van der Waals surface area contributed by atoms with Gasteiger partial charge in [-0.1, -0.05) is 12.1 Å². The van der Waals surface area contributed by atoms with Gasteiger partial charge in [0.25, 0.3) is 0 Å². The van der Waals surface area contributed by atoms with Gasteiger partial charge < -0.3 is 14.9 Å².